The Morgan fingerprint density at radius 1 is 1.19 bits per heavy atom. The number of rotatable bonds is 3. The van der Waals surface area contributed by atoms with Gasteiger partial charge in [0.1, 0.15) is 22.9 Å². The lowest BCUT2D eigenvalue weighted by atomic mass is 9.81. The van der Waals surface area contributed by atoms with Crippen LogP contribution in [-0.2, 0) is 0 Å². The van der Waals surface area contributed by atoms with Crippen LogP contribution in [0.15, 0.2) is 77.6 Å². The van der Waals surface area contributed by atoms with Crippen LogP contribution in [0, 0.1) is 0 Å². The van der Waals surface area contributed by atoms with Crippen molar-refractivity contribution in [2.24, 2.45) is 0 Å². The molecule has 32 heavy (non-hydrogen) atoms. The molecule has 1 atom stereocenters. The van der Waals surface area contributed by atoms with Crippen LogP contribution in [0.1, 0.15) is 49.2 Å². The van der Waals surface area contributed by atoms with E-state index in [0.29, 0.717) is 16.8 Å². The van der Waals surface area contributed by atoms with Gasteiger partial charge in [0, 0.05) is 29.6 Å². The summed E-state index contributed by atoms with van der Waals surface area (Å²) in [5.41, 5.74) is 11.8. The fourth-order valence-electron chi connectivity index (χ4n) is 4.83. The maximum atomic E-state index is 6.83. The number of imidazole rings is 1. The Morgan fingerprint density at radius 2 is 2.00 bits per heavy atom. The number of allylic oxidation sites excluding steroid dienone is 4. The van der Waals surface area contributed by atoms with Gasteiger partial charge >= 0.3 is 0 Å². The molecule has 2 aliphatic carbocycles. The van der Waals surface area contributed by atoms with Crippen molar-refractivity contribution in [2.75, 3.05) is 5.73 Å². The van der Waals surface area contributed by atoms with Crippen molar-refractivity contribution in [1.29, 1.82) is 0 Å². The van der Waals surface area contributed by atoms with Gasteiger partial charge in [-0.15, -0.1) is 0 Å². The summed E-state index contributed by atoms with van der Waals surface area (Å²) in [4.78, 5) is 9.43. The highest BCUT2D eigenvalue weighted by atomic mass is 35.5. The molecule has 160 valence electrons. The molecular weight excluding hydrogens is 418 g/mol. The van der Waals surface area contributed by atoms with Crippen molar-refractivity contribution in [1.82, 2.24) is 19.7 Å². The molecule has 3 heterocycles. The summed E-state index contributed by atoms with van der Waals surface area (Å²) in [6, 6.07) is 10.3. The summed E-state index contributed by atoms with van der Waals surface area (Å²) in [6.45, 7) is 2.17. The highest BCUT2D eigenvalue weighted by Gasteiger charge is 2.35. The molecule has 5 nitrogen and oxygen atoms in total. The third-order valence-electron chi connectivity index (χ3n) is 6.82. The Bertz CT molecular complexity index is 1360. The van der Waals surface area contributed by atoms with Crippen LogP contribution in [-0.4, -0.2) is 19.9 Å². The van der Waals surface area contributed by atoms with Gasteiger partial charge in [0.05, 0.1) is 10.6 Å². The molecule has 0 bridgehead atoms. The van der Waals surface area contributed by atoms with Crippen LogP contribution in [0.25, 0.3) is 16.8 Å². The van der Waals surface area contributed by atoms with E-state index in [4.69, 9.17) is 22.3 Å². The zero-order chi connectivity index (χ0) is 21.9. The number of dihydropyridines is 1. The van der Waals surface area contributed by atoms with Gasteiger partial charge in [-0.05, 0) is 49.1 Å². The second-order valence-corrected chi connectivity index (χ2v) is 9.33. The first kappa shape index (κ1) is 19.4. The maximum absolute atomic E-state index is 6.83. The Hall–Kier alpha value is -3.31. The van der Waals surface area contributed by atoms with E-state index < -0.39 is 5.54 Å². The number of nitrogen functional groups attached to an aromatic ring is 1. The second kappa shape index (κ2) is 7.10. The molecule has 3 aromatic rings. The molecule has 1 fully saturated rings. The van der Waals surface area contributed by atoms with Gasteiger partial charge in [0.25, 0.3) is 0 Å². The molecule has 1 unspecified atom stereocenters. The Morgan fingerprint density at radius 3 is 2.75 bits per heavy atom. The summed E-state index contributed by atoms with van der Waals surface area (Å²) in [5.74, 6) is 1.98. The van der Waals surface area contributed by atoms with Gasteiger partial charge in [-0.2, -0.15) is 0 Å². The molecule has 1 saturated carbocycles. The van der Waals surface area contributed by atoms with Gasteiger partial charge in [0.15, 0.2) is 0 Å². The molecule has 6 heteroatoms. The number of nitrogens with one attached hydrogen (secondary N) is 1. The monoisotopic (exact) mass is 441 g/mol. The van der Waals surface area contributed by atoms with E-state index >= 15 is 0 Å². The van der Waals surface area contributed by atoms with E-state index in [1.54, 1.807) is 6.20 Å². The van der Waals surface area contributed by atoms with Crippen molar-refractivity contribution >= 4 is 34.2 Å². The smallest absolute Gasteiger partial charge is 0.150 e. The normalized spacial score (nSPS) is 22.8. The van der Waals surface area contributed by atoms with Crippen molar-refractivity contribution in [3.63, 3.8) is 0 Å². The highest BCUT2D eigenvalue weighted by Crippen LogP contribution is 2.44. The fraction of sp³-hybridized carbons (Fsp3) is 0.231. The third kappa shape index (κ3) is 2.92. The van der Waals surface area contributed by atoms with E-state index in [1.165, 1.54) is 6.42 Å². The summed E-state index contributed by atoms with van der Waals surface area (Å²) in [7, 11) is 0. The second-order valence-electron chi connectivity index (χ2n) is 8.92. The van der Waals surface area contributed by atoms with Gasteiger partial charge < -0.3 is 11.1 Å². The number of nitrogens with two attached hydrogens (primary N) is 1. The van der Waals surface area contributed by atoms with E-state index in [2.05, 4.69) is 52.0 Å². The number of hydrogen-bond donors (Lipinski definition) is 2. The minimum atomic E-state index is -0.419. The first-order valence-corrected chi connectivity index (χ1v) is 11.4. The van der Waals surface area contributed by atoms with E-state index in [0.717, 1.165) is 52.3 Å². The quantitative estimate of drug-likeness (QED) is 0.568. The molecule has 0 spiro atoms. The zero-order valence-corrected chi connectivity index (χ0v) is 18.6. The Labute approximate surface area is 192 Å². The summed E-state index contributed by atoms with van der Waals surface area (Å²) in [6.07, 6.45) is 15.7. The first-order chi connectivity index (χ1) is 15.5. The third-order valence-corrected chi connectivity index (χ3v) is 7.13. The SMILES string of the molecule is CC12C=C(c3nc(C4CCC4)n4ccnc(N)c34)C(Cl)=CC1=CC=C(c1ccccc1)N2. The summed E-state index contributed by atoms with van der Waals surface area (Å²) in [5, 5.41) is 4.38. The van der Waals surface area contributed by atoms with Crippen LogP contribution in [0.3, 0.4) is 0 Å². The largest absolute Gasteiger partial charge is 0.382 e. The van der Waals surface area contributed by atoms with E-state index in [-0.39, 0.29) is 0 Å². The lowest BCUT2D eigenvalue weighted by Gasteiger charge is -2.37. The number of fused-ring (bicyclic) bond motifs is 2. The van der Waals surface area contributed by atoms with Crippen LogP contribution < -0.4 is 11.1 Å². The zero-order valence-electron chi connectivity index (χ0n) is 17.8. The predicted octanol–water partition coefficient (Wildman–Crippen LogP) is 5.43. The lowest BCUT2D eigenvalue weighted by molar-refractivity contribution is 0.400. The van der Waals surface area contributed by atoms with Crippen LogP contribution in [0.4, 0.5) is 5.82 Å². The van der Waals surface area contributed by atoms with Crippen LogP contribution in [0.2, 0.25) is 0 Å². The van der Waals surface area contributed by atoms with E-state index in [9.17, 15) is 0 Å². The van der Waals surface area contributed by atoms with Crippen molar-refractivity contribution in [3.8, 4) is 0 Å². The Kier molecular flexibility index (Phi) is 4.30. The lowest BCUT2D eigenvalue weighted by Crippen LogP contribution is -2.43. The summed E-state index contributed by atoms with van der Waals surface area (Å²) < 4.78 is 2.10. The van der Waals surface area contributed by atoms with Crippen molar-refractivity contribution in [2.45, 2.75) is 37.6 Å². The highest BCUT2D eigenvalue weighted by molar-refractivity contribution is 6.37. The minimum absolute atomic E-state index is 0.419. The van der Waals surface area contributed by atoms with Crippen molar-refractivity contribution < 1.29 is 0 Å². The van der Waals surface area contributed by atoms with Crippen LogP contribution >= 0.6 is 11.6 Å². The number of nitrogens with zero attached hydrogens (tertiary/aromatic N) is 3. The molecule has 1 aromatic carbocycles. The molecule has 0 amide bonds. The fourth-order valence-corrected chi connectivity index (χ4v) is 5.09. The van der Waals surface area contributed by atoms with Crippen molar-refractivity contribution in [3.05, 3.63) is 94.7 Å². The van der Waals surface area contributed by atoms with Gasteiger partial charge in [0.2, 0.25) is 0 Å². The number of benzene rings is 1. The number of halogens is 1. The number of hydrogen-bond acceptors (Lipinski definition) is 4. The van der Waals surface area contributed by atoms with Gasteiger partial charge in [-0.25, -0.2) is 9.97 Å². The van der Waals surface area contributed by atoms with Gasteiger partial charge in [-0.1, -0.05) is 54.4 Å². The summed E-state index contributed by atoms with van der Waals surface area (Å²) >= 11 is 6.83. The molecule has 2 aromatic heterocycles. The topological polar surface area (TPSA) is 68.2 Å². The molecular formula is C26H24ClN5. The van der Waals surface area contributed by atoms with E-state index in [1.807, 2.05) is 30.5 Å². The maximum Gasteiger partial charge on any atom is 0.150 e. The number of aromatic nitrogens is 3. The van der Waals surface area contributed by atoms with Crippen LogP contribution in [0.5, 0.6) is 0 Å². The van der Waals surface area contributed by atoms with Gasteiger partial charge in [-0.3, -0.25) is 4.40 Å². The number of anilines is 1. The molecule has 1 aliphatic heterocycles. The Balaban J connectivity index is 1.49. The predicted molar refractivity (Wildman–Crippen MR) is 130 cm³/mol. The molecule has 0 radical (unpaired) electrons. The molecule has 6 rings (SSSR count). The average molecular weight is 442 g/mol. The molecule has 3 aliphatic rings. The minimum Gasteiger partial charge on any atom is -0.382 e. The standard InChI is InChI=1S/C26H24ClN5/c1-26-15-19(20(27)14-18(26)10-11-21(31-26)16-6-3-2-4-7-16)22-23-24(28)29-12-13-32(23)25(30-22)17-8-5-9-17/h2-4,6-7,10-15,17,31H,5,8-9H2,1H3,(H2,28,29). The first-order valence-electron chi connectivity index (χ1n) is 11.0. The molecule has 0 saturated heterocycles. The average Bonchev–Trinajstić information content (AvgIpc) is 3.13. The molecule has 3 N–H and O–H groups in total.